The van der Waals surface area contributed by atoms with Gasteiger partial charge in [-0.25, -0.2) is 0 Å². The topological polar surface area (TPSA) is 44.9 Å². The summed E-state index contributed by atoms with van der Waals surface area (Å²) in [6, 6.07) is 18.5. The predicted molar refractivity (Wildman–Crippen MR) is 94.5 cm³/mol. The van der Waals surface area contributed by atoms with E-state index in [1.54, 1.807) is 0 Å². The summed E-state index contributed by atoms with van der Waals surface area (Å²) in [7, 11) is 0. The zero-order chi connectivity index (χ0) is 16.1. The Balaban J connectivity index is 1.96. The molecule has 23 heavy (non-hydrogen) atoms. The van der Waals surface area contributed by atoms with Crippen molar-refractivity contribution in [2.45, 2.75) is 25.7 Å². The monoisotopic (exact) mass is 306 g/mol. The van der Waals surface area contributed by atoms with E-state index in [2.05, 4.69) is 41.5 Å². The van der Waals surface area contributed by atoms with Gasteiger partial charge in [-0.05, 0) is 23.6 Å². The smallest absolute Gasteiger partial charge is 0.220 e. The molecule has 0 spiro atoms. The number of fused-ring (bicyclic) bond motifs is 1. The van der Waals surface area contributed by atoms with Gasteiger partial charge >= 0.3 is 0 Å². The summed E-state index contributed by atoms with van der Waals surface area (Å²) in [4.78, 5) is 15.6. The van der Waals surface area contributed by atoms with Gasteiger partial charge in [0.15, 0.2) is 0 Å². The van der Waals surface area contributed by atoms with Gasteiger partial charge in [-0.1, -0.05) is 55.5 Å². The fraction of sp³-hybridized carbons (Fsp3) is 0.250. The van der Waals surface area contributed by atoms with Crippen LogP contribution in [0, 0.1) is 0 Å². The lowest BCUT2D eigenvalue weighted by molar-refractivity contribution is -0.121. The third-order valence-corrected chi connectivity index (χ3v) is 4.16. The van der Waals surface area contributed by atoms with Crippen LogP contribution in [0.5, 0.6) is 0 Å². The first-order valence-electron chi connectivity index (χ1n) is 8.17. The molecule has 118 valence electrons. The molecule has 1 heterocycles. The Hall–Kier alpha value is -2.55. The lowest BCUT2D eigenvalue weighted by Gasteiger charge is -2.17. The van der Waals surface area contributed by atoms with E-state index in [-0.39, 0.29) is 11.8 Å². The van der Waals surface area contributed by atoms with E-state index >= 15 is 0 Å². The van der Waals surface area contributed by atoms with Crippen LogP contribution in [0.2, 0.25) is 0 Å². The standard InChI is InChI=1S/C20H22N2O/c1-2-12-21-20(23)13-17(15-8-4-3-5-9-15)18-14-22-19-11-7-6-10-16(18)19/h3-11,14,17,22H,2,12-13H2,1H3,(H,21,23). The van der Waals surface area contributed by atoms with Crippen LogP contribution in [-0.4, -0.2) is 17.4 Å². The summed E-state index contributed by atoms with van der Waals surface area (Å²) in [5.41, 5.74) is 3.46. The molecule has 3 aromatic rings. The van der Waals surface area contributed by atoms with Crippen LogP contribution < -0.4 is 5.32 Å². The number of amides is 1. The van der Waals surface area contributed by atoms with Crippen molar-refractivity contribution in [2.75, 3.05) is 6.54 Å². The number of aromatic nitrogens is 1. The van der Waals surface area contributed by atoms with Crippen LogP contribution in [0.15, 0.2) is 60.8 Å². The molecule has 0 aliphatic heterocycles. The van der Waals surface area contributed by atoms with Crippen LogP contribution in [0.25, 0.3) is 10.9 Å². The quantitative estimate of drug-likeness (QED) is 0.704. The minimum Gasteiger partial charge on any atom is -0.361 e. The SMILES string of the molecule is CCCNC(=O)CC(c1ccccc1)c1c[nH]c2ccccc12. The van der Waals surface area contributed by atoms with Gasteiger partial charge in [-0.3, -0.25) is 4.79 Å². The molecule has 3 heteroatoms. The molecular weight excluding hydrogens is 284 g/mol. The maximum atomic E-state index is 12.3. The largest absolute Gasteiger partial charge is 0.361 e. The highest BCUT2D eigenvalue weighted by Crippen LogP contribution is 2.33. The highest BCUT2D eigenvalue weighted by atomic mass is 16.1. The van der Waals surface area contributed by atoms with Gasteiger partial charge in [0.25, 0.3) is 0 Å². The van der Waals surface area contributed by atoms with Crippen LogP contribution in [-0.2, 0) is 4.79 Å². The van der Waals surface area contributed by atoms with Crippen molar-refractivity contribution in [1.29, 1.82) is 0 Å². The van der Waals surface area contributed by atoms with Crippen molar-refractivity contribution in [2.24, 2.45) is 0 Å². The van der Waals surface area contributed by atoms with Crippen LogP contribution in [0.4, 0.5) is 0 Å². The molecule has 0 aliphatic carbocycles. The fourth-order valence-electron chi connectivity index (χ4n) is 3.00. The number of para-hydroxylation sites is 1. The van der Waals surface area contributed by atoms with Gasteiger partial charge < -0.3 is 10.3 Å². The van der Waals surface area contributed by atoms with Crippen molar-refractivity contribution >= 4 is 16.8 Å². The normalized spacial score (nSPS) is 12.2. The second-order valence-corrected chi connectivity index (χ2v) is 5.81. The Morgan fingerprint density at radius 2 is 1.83 bits per heavy atom. The zero-order valence-corrected chi connectivity index (χ0v) is 13.4. The van der Waals surface area contributed by atoms with E-state index in [4.69, 9.17) is 0 Å². The van der Waals surface area contributed by atoms with Crippen molar-refractivity contribution in [3.05, 3.63) is 71.9 Å². The van der Waals surface area contributed by atoms with Gasteiger partial charge in [-0.2, -0.15) is 0 Å². The van der Waals surface area contributed by atoms with Gasteiger partial charge in [0.2, 0.25) is 5.91 Å². The van der Waals surface area contributed by atoms with Crippen molar-refractivity contribution in [3.8, 4) is 0 Å². The number of carbonyl (C=O) groups is 1. The molecule has 0 fully saturated rings. The predicted octanol–water partition coefficient (Wildman–Crippen LogP) is 4.22. The third-order valence-electron chi connectivity index (χ3n) is 4.16. The summed E-state index contributed by atoms with van der Waals surface area (Å²) >= 11 is 0. The molecule has 1 unspecified atom stereocenters. The molecule has 2 N–H and O–H groups in total. The number of rotatable bonds is 6. The van der Waals surface area contributed by atoms with Gasteiger partial charge in [0.05, 0.1) is 0 Å². The molecule has 1 amide bonds. The number of H-pyrrole nitrogens is 1. The van der Waals surface area contributed by atoms with E-state index < -0.39 is 0 Å². The highest BCUT2D eigenvalue weighted by molar-refractivity contribution is 5.86. The summed E-state index contributed by atoms with van der Waals surface area (Å²) in [5, 5.41) is 4.18. The minimum atomic E-state index is 0.0595. The van der Waals surface area contributed by atoms with Crippen LogP contribution >= 0.6 is 0 Å². The number of carbonyl (C=O) groups excluding carboxylic acids is 1. The molecular formula is C20H22N2O. The summed E-state index contributed by atoms with van der Waals surface area (Å²) in [6.07, 6.45) is 3.45. The first kappa shape index (κ1) is 15.3. The van der Waals surface area contributed by atoms with Gasteiger partial charge in [-0.15, -0.1) is 0 Å². The maximum Gasteiger partial charge on any atom is 0.220 e. The van der Waals surface area contributed by atoms with Crippen molar-refractivity contribution < 1.29 is 4.79 Å². The number of hydrogen-bond donors (Lipinski definition) is 2. The highest BCUT2D eigenvalue weighted by Gasteiger charge is 2.20. The molecule has 0 bridgehead atoms. The molecule has 2 aromatic carbocycles. The molecule has 0 radical (unpaired) electrons. The van der Waals surface area contributed by atoms with E-state index in [0.717, 1.165) is 18.5 Å². The lowest BCUT2D eigenvalue weighted by Crippen LogP contribution is -2.25. The number of benzene rings is 2. The fourth-order valence-corrected chi connectivity index (χ4v) is 3.00. The van der Waals surface area contributed by atoms with Crippen molar-refractivity contribution in [3.63, 3.8) is 0 Å². The number of hydrogen-bond acceptors (Lipinski definition) is 1. The van der Waals surface area contributed by atoms with E-state index in [1.165, 1.54) is 16.5 Å². The second kappa shape index (κ2) is 7.14. The minimum absolute atomic E-state index is 0.0595. The Morgan fingerprint density at radius 3 is 2.61 bits per heavy atom. The first-order chi connectivity index (χ1) is 11.3. The van der Waals surface area contributed by atoms with Crippen molar-refractivity contribution in [1.82, 2.24) is 10.3 Å². The summed E-state index contributed by atoms with van der Waals surface area (Å²) in [6.45, 7) is 2.79. The molecule has 0 saturated carbocycles. The van der Waals surface area contributed by atoms with E-state index in [1.807, 2.05) is 36.5 Å². The Kier molecular flexibility index (Phi) is 4.77. The molecule has 1 aromatic heterocycles. The van der Waals surface area contributed by atoms with E-state index in [0.29, 0.717) is 6.42 Å². The average Bonchev–Trinajstić information content (AvgIpc) is 3.02. The van der Waals surface area contributed by atoms with Gasteiger partial charge in [0.1, 0.15) is 0 Å². The molecule has 1 atom stereocenters. The average molecular weight is 306 g/mol. The Bertz CT molecular complexity index is 776. The maximum absolute atomic E-state index is 12.3. The Morgan fingerprint density at radius 1 is 1.09 bits per heavy atom. The third kappa shape index (κ3) is 3.45. The van der Waals surface area contributed by atoms with Gasteiger partial charge in [0, 0.05) is 36.0 Å². The van der Waals surface area contributed by atoms with Crippen LogP contribution in [0.3, 0.4) is 0 Å². The molecule has 0 aliphatic rings. The summed E-state index contributed by atoms with van der Waals surface area (Å²) in [5.74, 6) is 0.162. The molecule has 3 nitrogen and oxygen atoms in total. The second-order valence-electron chi connectivity index (χ2n) is 5.81. The van der Waals surface area contributed by atoms with E-state index in [9.17, 15) is 4.79 Å². The zero-order valence-electron chi connectivity index (χ0n) is 13.4. The van der Waals surface area contributed by atoms with Crippen LogP contribution in [0.1, 0.15) is 36.8 Å². The number of aromatic amines is 1. The first-order valence-corrected chi connectivity index (χ1v) is 8.17. The lowest BCUT2D eigenvalue weighted by atomic mass is 9.88. The summed E-state index contributed by atoms with van der Waals surface area (Å²) < 4.78 is 0. The number of nitrogens with one attached hydrogen (secondary N) is 2. The Labute approximate surface area is 136 Å². The molecule has 0 saturated heterocycles. The molecule has 3 rings (SSSR count).